The molecule has 1 aromatic carbocycles. The zero-order chi connectivity index (χ0) is 14.5. The number of aromatic carboxylic acids is 1. The summed E-state index contributed by atoms with van der Waals surface area (Å²) in [7, 11) is 0. The molecule has 1 aromatic rings. The van der Waals surface area contributed by atoms with Crippen LogP contribution >= 0.6 is 11.8 Å². The minimum atomic E-state index is -0.953. The van der Waals surface area contributed by atoms with Gasteiger partial charge in [-0.25, -0.2) is 4.79 Å². The third-order valence-electron chi connectivity index (χ3n) is 3.44. The molecule has 4 nitrogen and oxygen atoms in total. The Kier molecular flexibility index (Phi) is 5.06. The van der Waals surface area contributed by atoms with Gasteiger partial charge in [0, 0.05) is 18.0 Å². The lowest BCUT2D eigenvalue weighted by Gasteiger charge is -2.29. The number of thioether (sulfide) groups is 1. The smallest absolute Gasteiger partial charge is 0.336 e. The van der Waals surface area contributed by atoms with Gasteiger partial charge in [0.2, 0.25) is 5.91 Å². The highest BCUT2D eigenvalue weighted by Crippen LogP contribution is 2.28. The molecule has 1 N–H and O–H groups in total. The lowest BCUT2D eigenvalue weighted by atomic mass is 10.1. The Hall–Kier alpha value is -1.49. The van der Waals surface area contributed by atoms with Crippen molar-refractivity contribution >= 4 is 23.6 Å². The first-order valence-corrected chi connectivity index (χ1v) is 7.75. The van der Waals surface area contributed by atoms with Gasteiger partial charge < -0.3 is 10.0 Å². The summed E-state index contributed by atoms with van der Waals surface area (Å²) in [5.74, 6) is -0.847. The lowest BCUT2D eigenvalue weighted by molar-refractivity contribution is -0.131. The van der Waals surface area contributed by atoms with Crippen molar-refractivity contribution in [3.8, 4) is 0 Å². The fourth-order valence-corrected chi connectivity index (χ4v) is 3.43. The van der Waals surface area contributed by atoms with E-state index in [1.807, 2.05) is 11.8 Å². The van der Waals surface area contributed by atoms with Crippen molar-refractivity contribution in [2.24, 2.45) is 0 Å². The molecule has 0 radical (unpaired) electrons. The molecule has 1 atom stereocenters. The number of carboxylic acid groups (broad SMARTS) is 1. The summed E-state index contributed by atoms with van der Waals surface area (Å²) in [5.41, 5.74) is 0.260. The molecule has 1 heterocycles. The van der Waals surface area contributed by atoms with Crippen molar-refractivity contribution in [2.45, 2.75) is 36.3 Å². The van der Waals surface area contributed by atoms with Gasteiger partial charge in [-0.15, -0.1) is 11.8 Å². The number of benzene rings is 1. The van der Waals surface area contributed by atoms with Crippen LogP contribution in [0.25, 0.3) is 0 Å². The highest BCUT2D eigenvalue weighted by molar-refractivity contribution is 8.00. The molecule has 0 bridgehead atoms. The number of amides is 1. The van der Waals surface area contributed by atoms with Gasteiger partial charge in [-0.3, -0.25) is 4.79 Å². The number of carboxylic acids is 1. The fourth-order valence-electron chi connectivity index (χ4n) is 2.36. The van der Waals surface area contributed by atoms with Gasteiger partial charge in [0.1, 0.15) is 0 Å². The van der Waals surface area contributed by atoms with Crippen LogP contribution < -0.4 is 0 Å². The first-order chi connectivity index (χ1) is 9.59. The minimum absolute atomic E-state index is 0.106. The second-order valence-corrected chi connectivity index (χ2v) is 6.33. The summed E-state index contributed by atoms with van der Waals surface area (Å²) in [4.78, 5) is 26.1. The zero-order valence-electron chi connectivity index (χ0n) is 11.5. The molecule has 20 heavy (non-hydrogen) atoms. The van der Waals surface area contributed by atoms with Crippen LogP contribution in [0.4, 0.5) is 0 Å². The Morgan fingerprint density at radius 2 is 1.85 bits per heavy atom. The molecule has 1 amide bonds. The van der Waals surface area contributed by atoms with E-state index in [0.717, 1.165) is 25.9 Å². The summed E-state index contributed by atoms with van der Waals surface area (Å²) < 4.78 is 0. The number of carbonyl (C=O) groups excluding carboxylic acids is 1. The Morgan fingerprint density at radius 3 is 2.50 bits per heavy atom. The lowest BCUT2D eigenvalue weighted by Crippen LogP contribution is -2.40. The second-order valence-electron chi connectivity index (χ2n) is 4.95. The SMILES string of the molecule is CC(Sc1ccccc1C(=O)O)C(=O)N1CCCCC1. The first kappa shape index (κ1) is 14.9. The summed E-state index contributed by atoms with van der Waals surface area (Å²) >= 11 is 1.33. The Labute approximate surface area is 123 Å². The topological polar surface area (TPSA) is 57.6 Å². The molecule has 0 spiro atoms. The van der Waals surface area contributed by atoms with Crippen LogP contribution in [-0.2, 0) is 4.79 Å². The maximum atomic E-state index is 12.3. The van der Waals surface area contributed by atoms with Gasteiger partial charge in [-0.1, -0.05) is 12.1 Å². The quantitative estimate of drug-likeness (QED) is 0.867. The molecule has 1 aliphatic rings. The number of likely N-dealkylation sites (tertiary alicyclic amines) is 1. The van der Waals surface area contributed by atoms with Crippen LogP contribution in [0.3, 0.4) is 0 Å². The first-order valence-electron chi connectivity index (χ1n) is 6.87. The van der Waals surface area contributed by atoms with E-state index in [4.69, 9.17) is 5.11 Å². The standard InChI is InChI=1S/C15H19NO3S/c1-11(14(17)16-9-5-2-6-10-16)20-13-8-4-3-7-12(13)15(18)19/h3-4,7-8,11H,2,5-6,9-10H2,1H3,(H,18,19). The summed E-state index contributed by atoms with van der Waals surface area (Å²) in [6.07, 6.45) is 3.32. The fraction of sp³-hybridized carbons (Fsp3) is 0.467. The maximum Gasteiger partial charge on any atom is 0.336 e. The van der Waals surface area contributed by atoms with Crippen molar-refractivity contribution in [1.29, 1.82) is 0 Å². The summed E-state index contributed by atoms with van der Waals surface area (Å²) in [6, 6.07) is 6.83. The molecule has 108 valence electrons. The summed E-state index contributed by atoms with van der Waals surface area (Å²) in [5, 5.41) is 8.90. The molecule has 0 saturated carbocycles. The van der Waals surface area contributed by atoms with Crippen molar-refractivity contribution in [3.63, 3.8) is 0 Å². The summed E-state index contributed by atoms with van der Waals surface area (Å²) in [6.45, 7) is 3.49. The molecule has 0 aromatic heterocycles. The predicted molar refractivity (Wildman–Crippen MR) is 79.2 cm³/mol. The molecule has 1 saturated heterocycles. The zero-order valence-corrected chi connectivity index (χ0v) is 12.4. The molecular weight excluding hydrogens is 274 g/mol. The van der Waals surface area contributed by atoms with Crippen molar-refractivity contribution in [3.05, 3.63) is 29.8 Å². The van der Waals surface area contributed by atoms with Crippen LogP contribution in [0.15, 0.2) is 29.2 Å². The van der Waals surface area contributed by atoms with E-state index in [1.165, 1.54) is 18.2 Å². The maximum absolute atomic E-state index is 12.3. The predicted octanol–water partition coefficient (Wildman–Crippen LogP) is 2.88. The van der Waals surface area contributed by atoms with Gasteiger partial charge in [0.25, 0.3) is 0 Å². The molecule has 1 unspecified atom stereocenters. The van der Waals surface area contributed by atoms with E-state index >= 15 is 0 Å². The van der Waals surface area contributed by atoms with E-state index in [1.54, 1.807) is 24.3 Å². The number of carbonyl (C=O) groups is 2. The average Bonchev–Trinajstić information content (AvgIpc) is 2.47. The highest BCUT2D eigenvalue weighted by atomic mass is 32.2. The Bertz CT molecular complexity index is 498. The van der Waals surface area contributed by atoms with Gasteiger partial charge in [-0.05, 0) is 38.3 Å². The molecule has 1 aliphatic heterocycles. The number of piperidine rings is 1. The van der Waals surface area contributed by atoms with Gasteiger partial charge in [0.15, 0.2) is 0 Å². The normalized spacial score (nSPS) is 16.8. The van der Waals surface area contributed by atoms with E-state index in [9.17, 15) is 9.59 Å². The molecule has 2 rings (SSSR count). The van der Waals surface area contributed by atoms with Crippen LogP contribution in [0.2, 0.25) is 0 Å². The van der Waals surface area contributed by atoms with E-state index < -0.39 is 5.97 Å². The van der Waals surface area contributed by atoms with Crippen LogP contribution in [0.5, 0.6) is 0 Å². The average molecular weight is 293 g/mol. The Balaban J connectivity index is 2.05. The number of hydrogen-bond donors (Lipinski definition) is 1. The molecular formula is C15H19NO3S. The van der Waals surface area contributed by atoms with Gasteiger partial charge in [-0.2, -0.15) is 0 Å². The third kappa shape index (κ3) is 3.54. The van der Waals surface area contributed by atoms with Crippen molar-refractivity contribution in [2.75, 3.05) is 13.1 Å². The second kappa shape index (κ2) is 6.79. The minimum Gasteiger partial charge on any atom is -0.478 e. The monoisotopic (exact) mass is 293 g/mol. The van der Waals surface area contributed by atoms with Crippen LogP contribution in [-0.4, -0.2) is 40.2 Å². The van der Waals surface area contributed by atoms with Gasteiger partial charge in [0.05, 0.1) is 10.8 Å². The van der Waals surface area contributed by atoms with Gasteiger partial charge >= 0.3 is 5.97 Å². The van der Waals surface area contributed by atoms with Crippen molar-refractivity contribution in [1.82, 2.24) is 4.90 Å². The third-order valence-corrected chi connectivity index (χ3v) is 4.60. The molecule has 1 fully saturated rings. The number of nitrogens with zero attached hydrogens (tertiary/aromatic N) is 1. The largest absolute Gasteiger partial charge is 0.478 e. The Morgan fingerprint density at radius 1 is 1.20 bits per heavy atom. The van der Waals surface area contributed by atoms with E-state index in [2.05, 4.69) is 0 Å². The van der Waals surface area contributed by atoms with Crippen molar-refractivity contribution < 1.29 is 14.7 Å². The van der Waals surface area contributed by atoms with Crippen LogP contribution in [0.1, 0.15) is 36.5 Å². The molecule has 5 heteroatoms. The number of rotatable bonds is 4. The molecule has 0 aliphatic carbocycles. The highest BCUT2D eigenvalue weighted by Gasteiger charge is 2.24. The van der Waals surface area contributed by atoms with E-state index in [-0.39, 0.29) is 16.7 Å². The van der Waals surface area contributed by atoms with Crippen LogP contribution in [0, 0.1) is 0 Å². The van der Waals surface area contributed by atoms with E-state index in [0.29, 0.717) is 4.90 Å². The number of hydrogen-bond acceptors (Lipinski definition) is 3.